The molecule has 0 unspecified atom stereocenters. The van der Waals surface area contributed by atoms with E-state index in [4.69, 9.17) is 4.42 Å². The molecule has 1 aromatic heterocycles. The quantitative estimate of drug-likeness (QED) is 0.302. The van der Waals surface area contributed by atoms with Gasteiger partial charge in [-0.2, -0.15) is 0 Å². The van der Waals surface area contributed by atoms with Crippen LogP contribution in [0.2, 0.25) is 0 Å². The molecule has 0 saturated carbocycles. The van der Waals surface area contributed by atoms with Crippen molar-refractivity contribution in [1.29, 1.82) is 0 Å². The van der Waals surface area contributed by atoms with E-state index in [0.717, 1.165) is 30.3 Å². The van der Waals surface area contributed by atoms with E-state index < -0.39 is 0 Å². The monoisotopic (exact) mass is 511 g/mol. The molecule has 1 aliphatic rings. The number of benzene rings is 1. The van der Waals surface area contributed by atoms with Gasteiger partial charge in [-0.3, -0.25) is 9.79 Å². The van der Waals surface area contributed by atoms with Gasteiger partial charge in [0, 0.05) is 32.4 Å². The maximum atomic E-state index is 12.1. The maximum Gasteiger partial charge on any atom is 0.291 e. The highest BCUT2D eigenvalue weighted by Crippen LogP contribution is 2.12. The summed E-state index contributed by atoms with van der Waals surface area (Å²) in [6, 6.07) is 11.1. The van der Waals surface area contributed by atoms with Gasteiger partial charge >= 0.3 is 0 Å². The summed E-state index contributed by atoms with van der Waals surface area (Å²) in [5.74, 6) is 0.814. The highest BCUT2D eigenvalue weighted by atomic mass is 127. The Labute approximate surface area is 189 Å². The Hall–Kier alpha value is -2.07. The molecule has 158 valence electrons. The average molecular weight is 511 g/mol. The molecular formula is C21H30IN5O2. The fraction of sp³-hybridized carbons (Fsp3) is 0.429. The van der Waals surface area contributed by atoms with Crippen LogP contribution in [-0.4, -0.2) is 50.0 Å². The molecule has 2 aromatic rings. The van der Waals surface area contributed by atoms with Gasteiger partial charge in [-0.05, 0) is 55.8 Å². The van der Waals surface area contributed by atoms with E-state index in [1.807, 2.05) is 24.3 Å². The van der Waals surface area contributed by atoms with Crippen LogP contribution in [-0.2, 0) is 6.54 Å². The first-order chi connectivity index (χ1) is 13.7. The zero-order valence-corrected chi connectivity index (χ0v) is 19.1. The van der Waals surface area contributed by atoms with Gasteiger partial charge in [-0.15, -0.1) is 24.0 Å². The predicted molar refractivity (Wildman–Crippen MR) is 127 cm³/mol. The molecule has 1 aliphatic heterocycles. The number of carbonyl (C=O) groups excluding carboxylic acids is 1. The number of rotatable bonds is 7. The van der Waals surface area contributed by atoms with Crippen molar-refractivity contribution in [2.24, 2.45) is 4.99 Å². The molecule has 8 heteroatoms. The lowest BCUT2D eigenvalue weighted by Crippen LogP contribution is -2.42. The lowest BCUT2D eigenvalue weighted by Gasteiger charge is -2.26. The summed E-state index contributed by atoms with van der Waals surface area (Å²) in [5.41, 5.74) is 1.78. The molecular weight excluding hydrogens is 481 g/mol. The Morgan fingerprint density at radius 1 is 1.14 bits per heavy atom. The van der Waals surface area contributed by atoms with E-state index in [1.165, 1.54) is 38.6 Å². The summed E-state index contributed by atoms with van der Waals surface area (Å²) >= 11 is 0. The summed E-state index contributed by atoms with van der Waals surface area (Å²) in [5, 5.41) is 9.53. The van der Waals surface area contributed by atoms with Crippen molar-refractivity contribution >= 4 is 41.5 Å². The van der Waals surface area contributed by atoms with Crippen LogP contribution in [0.5, 0.6) is 0 Å². The molecule has 0 bridgehead atoms. The minimum atomic E-state index is -0.259. The van der Waals surface area contributed by atoms with Gasteiger partial charge in [-0.1, -0.05) is 18.6 Å². The minimum absolute atomic E-state index is 0. The van der Waals surface area contributed by atoms with Crippen LogP contribution in [0.15, 0.2) is 52.1 Å². The number of aliphatic imine (C=N–C) groups is 1. The van der Waals surface area contributed by atoms with Gasteiger partial charge in [0.05, 0.1) is 6.26 Å². The molecule has 7 nitrogen and oxygen atoms in total. The second-order valence-corrected chi connectivity index (χ2v) is 6.89. The molecule has 0 atom stereocenters. The summed E-state index contributed by atoms with van der Waals surface area (Å²) < 4.78 is 5.12. The molecule has 2 heterocycles. The Morgan fingerprint density at radius 3 is 2.69 bits per heavy atom. The van der Waals surface area contributed by atoms with Gasteiger partial charge in [0.1, 0.15) is 0 Å². The molecule has 0 spiro atoms. The first-order valence-corrected chi connectivity index (χ1v) is 9.85. The van der Waals surface area contributed by atoms with Gasteiger partial charge < -0.3 is 25.3 Å². The first-order valence-electron chi connectivity index (χ1n) is 9.85. The number of amides is 1. The molecule has 29 heavy (non-hydrogen) atoms. The molecule has 1 aromatic carbocycles. The molecule has 1 saturated heterocycles. The number of likely N-dealkylation sites (tertiary alicyclic amines) is 1. The van der Waals surface area contributed by atoms with Crippen molar-refractivity contribution < 1.29 is 9.21 Å². The van der Waals surface area contributed by atoms with E-state index >= 15 is 0 Å². The average Bonchev–Trinajstić information content (AvgIpc) is 3.27. The number of anilines is 1. The lowest BCUT2D eigenvalue weighted by molar-refractivity contribution is 0.0996. The number of hydrogen-bond donors (Lipinski definition) is 3. The molecule has 0 radical (unpaired) electrons. The molecule has 1 amide bonds. The summed E-state index contributed by atoms with van der Waals surface area (Å²) in [6.45, 7) is 4.93. The van der Waals surface area contributed by atoms with Crippen LogP contribution >= 0.6 is 24.0 Å². The summed E-state index contributed by atoms with van der Waals surface area (Å²) in [4.78, 5) is 18.9. The molecule has 0 aliphatic carbocycles. The fourth-order valence-electron chi connectivity index (χ4n) is 3.28. The largest absolute Gasteiger partial charge is 0.459 e. The number of guanidine groups is 1. The second kappa shape index (κ2) is 12.5. The zero-order chi connectivity index (χ0) is 19.6. The number of carbonyl (C=O) groups is 1. The van der Waals surface area contributed by atoms with Gasteiger partial charge in [0.25, 0.3) is 5.91 Å². The number of nitrogens with one attached hydrogen (secondary N) is 3. The lowest BCUT2D eigenvalue weighted by atomic mass is 10.1. The third kappa shape index (κ3) is 7.69. The molecule has 3 rings (SSSR count). The van der Waals surface area contributed by atoms with Crippen LogP contribution in [0, 0.1) is 0 Å². The SMILES string of the molecule is CN=C(NCCN1CCCCC1)NCc1cccc(NC(=O)c2ccco2)c1.I. The molecule has 3 N–H and O–H groups in total. The highest BCUT2D eigenvalue weighted by molar-refractivity contribution is 14.0. The van der Waals surface area contributed by atoms with E-state index in [0.29, 0.717) is 12.3 Å². The highest BCUT2D eigenvalue weighted by Gasteiger charge is 2.10. The number of nitrogens with zero attached hydrogens (tertiary/aromatic N) is 2. The Morgan fingerprint density at radius 2 is 1.97 bits per heavy atom. The minimum Gasteiger partial charge on any atom is -0.459 e. The van der Waals surface area contributed by atoms with Crippen LogP contribution < -0.4 is 16.0 Å². The third-order valence-corrected chi connectivity index (χ3v) is 4.78. The Balaban J connectivity index is 0.00000300. The van der Waals surface area contributed by atoms with Crippen LogP contribution in [0.1, 0.15) is 35.4 Å². The van der Waals surface area contributed by atoms with Crippen molar-refractivity contribution in [3.63, 3.8) is 0 Å². The van der Waals surface area contributed by atoms with Crippen molar-refractivity contribution in [3.05, 3.63) is 54.0 Å². The van der Waals surface area contributed by atoms with Gasteiger partial charge in [0.2, 0.25) is 0 Å². The number of piperidine rings is 1. The van der Waals surface area contributed by atoms with E-state index in [-0.39, 0.29) is 29.9 Å². The number of halogens is 1. The third-order valence-electron chi connectivity index (χ3n) is 4.78. The number of furan rings is 1. The van der Waals surface area contributed by atoms with Crippen LogP contribution in [0.25, 0.3) is 0 Å². The smallest absolute Gasteiger partial charge is 0.291 e. The zero-order valence-electron chi connectivity index (χ0n) is 16.8. The van der Waals surface area contributed by atoms with Gasteiger partial charge in [0.15, 0.2) is 11.7 Å². The topological polar surface area (TPSA) is 81.9 Å². The molecule has 1 fully saturated rings. The number of hydrogen-bond acceptors (Lipinski definition) is 4. The van der Waals surface area contributed by atoms with Crippen LogP contribution in [0.4, 0.5) is 5.69 Å². The predicted octanol–water partition coefficient (Wildman–Crippen LogP) is 3.30. The Bertz CT molecular complexity index is 773. The summed E-state index contributed by atoms with van der Waals surface area (Å²) in [7, 11) is 1.77. The fourth-order valence-corrected chi connectivity index (χ4v) is 3.28. The normalized spacial score (nSPS) is 14.7. The van der Waals surface area contributed by atoms with Crippen molar-refractivity contribution in [1.82, 2.24) is 15.5 Å². The summed E-state index contributed by atoms with van der Waals surface area (Å²) in [6.07, 6.45) is 5.45. The van der Waals surface area contributed by atoms with Crippen molar-refractivity contribution in [2.45, 2.75) is 25.8 Å². The van der Waals surface area contributed by atoms with Crippen LogP contribution in [0.3, 0.4) is 0 Å². The van der Waals surface area contributed by atoms with Crippen molar-refractivity contribution in [2.75, 3.05) is 38.5 Å². The Kier molecular flexibility index (Phi) is 9.99. The maximum absolute atomic E-state index is 12.1. The van der Waals surface area contributed by atoms with E-state index in [2.05, 4.69) is 25.8 Å². The standard InChI is InChI=1S/C21H29N5O2.HI/c1-22-21(23-10-13-26-11-3-2-4-12-26)24-16-17-7-5-8-18(15-17)25-20(27)19-9-6-14-28-19;/h5-9,14-15H,2-4,10-13,16H2,1H3,(H,25,27)(H2,22,23,24);1H. The second-order valence-electron chi connectivity index (χ2n) is 6.89. The van der Waals surface area contributed by atoms with E-state index in [1.54, 1.807) is 19.2 Å². The first kappa shape index (κ1) is 23.2. The van der Waals surface area contributed by atoms with E-state index in [9.17, 15) is 4.79 Å². The van der Waals surface area contributed by atoms with Crippen molar-refractivity contribution in [3.8, 4) is 0 Å². The van der Waals surface area contributed by atoms with Gasteiger partial charge in [-0.25, -0.2) is 0 Å².